The molecule has 0 amide bonds. The highest BCUT2D eigenvalue weighted by atomic mass is 32.2. The van der Waals surface area contributed by atoms with Gasteiger partial charge in [-0.25, -0.2) is 10.8 Å². The third-order valence-electron chi connectivity index (χ3n) is 3.25. The zero-order valence-electron chi connectivity index (χ0n) is 12.9. The van der Waals surface area contributed by atoms with Crippen molar-refractivity contribution in [2.24, 2.45) is 5.84 Å². The third-order valence-corrected chi connectivity index (χ3v) is 4.07. The Morgan fingerprint density at radius 3 is 2.67 bits per heavy atom. The normalized spacial score (nSPS) is 10.5. The molecule has 2 rings (SSSR count). The summed E-state index contributed by atoms with van der Waals surface area (Å²) in [5, 5.41) is 1.62. The average molecular weight is 303 g/mol. The van der Waals surface area contributed by atoms with E-state index in [1.807, 2.05) is 45.2 Å². The molecule has 5 heteroatoms. The van der Waals surface area contributed by atoms with Gasteiger partial charge in [0, 0.05) is 28.8 Å². The van der Waals surface area contributed by atoms with Gasteiger partial charge < -0.3 is 9.75 Å². The molecule has 2 aromatic rings. The largest absolute Gasteiger partial charge is 0.472 e. The molecule has 112 valence electrons. The summed E-state index contributed by atoms with van der Waals surface area (Å²) in [5.41, 5.74) is 4.03. The minimum absolute atomic E-state index is 0.450. The number of rotatable bonds is 5. The van der Waals surface area contributed by atoms with Crippen molar-refractivity contribution in [2.45, 2.75) is 25.3 Å². The quantitative estimate of drug-likeness (QED) is 0.522. The van der Waals surface area contributed by atoms with E-state index in [1.54, 1.807) is 16.8 Å². The summed E-state index contributed by atoms with van der Waals surface area (Å²) in [6, 6.07) is 10.1. The van der Waals surface area contributed by atoms with Crippen LogP contribution in [0, 0.1) is 13.8 Å². The third kappa shape index (κ3) is 3.68. The second-order valence-electron chi connectivity index (χ2n) is 4.93. The Kier molecular flexibility index (Phi) is 5.09. The lowest BCUT2D eigenvalue weighted by molar-refractivity contribution is 0.288. The number of hydrazine groups is 1. The number of hydrogen-bond donors (Lipinski definition) is 1. The van der Waals surface area contributed by atoms with Crippen LogP contribution < -0.4 is 15.6 Å². The molecule has 0 fully saturated rings. The summed E-state index contributed by atoms with van der Waals surface area (Å²) < 4.78 is 5.93. The van der Waals surface area contributed by atoms with Crippen LogP contribution in [0.2, 0.25) is 0 Å². The van der Waals surface area contributed by atoms with E-state index in [0.29, 0.717) is 12.5 Å². The predicted molar refractivity (Wildman–Crippen MR) is 88.9 cm³/mol. The number of pyridine rings is 1. The lowest BCUT2D eigenvalue weighted by Gasteiger charge is -2.20. The van der Waals surface area contributed by atoms with Crippen LogP contribution in [-0.2, 0) is 6.61 Å². The first-order valence-electron chi connectivity index (χ1n) is 6.74. The van der Waals surface area contributed by atoms with Gasteiger partial charge in [-0.2, -0.15) is 0 Å². The smallest absolute Gasteiger partial charge is 0.216 e. The van der Waals surface area contributed by atoms with Crippen LogP contribution in [0.15, 0.2) is 35.2 Å². The van der Waals surface area contributed by atoms with Gasteiger partial charge in [0.15, 0.2) is 0 Å². The van der Waals surface area contributed by atoms with E-state index in [-0.39, 0.29) is 0 Å². The Hall–Kier alpha value is -1.72. The minimum Gasteiger partial charge on any atom is -0.472 e. The van der Waals surface area contributed by atoms with Crippen molar-refractivity contribution in [1.82, 2.24) is 4.98 Å². The maximum absolute atomic E-state index is 5.93. The molecular formula is C16H21N3OS. The zero-order valence-corrected chi connectivity index (χ0v) is 13.7. The summed E-state index contributed by atoms with van der Waals surface area (Å²) in [6.07, 6.45) is 2.05. The average Bonchev–Trinajstić information content (AvgIpc) is 2.47. The molecule has 0 aliphatic rings. The summed E-state index contributed by atoms with van der Waals surface area (Å²) in [6.45, 7) is 4.41. The van der Waals surface area contributed by atoms with E-state index in [0.717, 1.165) is 27.4 Å². The highest BCUT2D eigenvalue weighted by molar-refractivity contribution is 7.98. The van der Waals surface area contributed by atoms with Crippen LogP contribution in [0.4, 0.5) is 5.69 Å². The number of ether oxygens (including phenoxy) is 1. The van der Waals surface area contributed by atoms with E-state index in [2.05, 4.69) is 17.3 Å². The molecular weight excluding hydrogens is 282 g/mol. The lowest BCUT2D eigenvalue weighted by atomic mass is 10.2. The highest BCUT2D eigenvalue weighted by Gasteiger charge is 2.12. The molecule has 0 bridgehead atoms. The number of hydrogen-bond acceptors (Lipinski definition) is 5. The minimum atomic E-state index is 0.450. The summed E-state index contributed by atoms with van der Waals surface area (Å²) in [5.74, 6) is 6.59. The molecule has 1 aromatic heterocycles. The fourth-order valence-corrected chi connectivity index (χ4v) is 2.73. The second-order valence-corrected chi connectivity index (χ2v) is 5.78. The molecule has 0 atom stereocenters. The fraction of sp³-hybridized carbons (Fsp3) is 0.312. The molecule has 0 saturated heterocycles. The van der Waals surface area contributed by atoms with Crippen LogP contribution >= 0.6 is 11.8 Å². The number of thioether (sulfide) groups is 1. The molecule has 21 heavy (non-hydrogen) atoms. The van der Waals surface area contributed by atoms with Gasteiger partial charge in [-0.15, -0.1) is 11.8 Å². The van der Waals surface area contributed by atoms with Crippen molar-refractivity contribution in [3.8, 4) is 5.88 Å². The van der Waals surface area contributed by atoms with Gasteiger partial charge in [0.05, 0.1) is 5.69 Å². The Labute approximate surface area is 130 Å². The Bertz CT molecular complexity index is 629. The van der Waals surface area contributed by atoms with Crippen LogP contribution in [0.5, 0.6) is 5.88 Å². The molecule has 0 radical (unpaired) electrons. The molecule has 0 aliphatic heterocycles. The highest BCUT2D eigenvalue weighted by Crippen LogP contribution is 2.29. The molecule has 1 heterocycles. The number of nitrogens with two attached hydrogens (primary N) is 1. The van der Waals surface area contributed by atoms with Crippen molar-refractivity contribution in [2.75, 3.05) is 18.3 Å². The fourth-order valence-electron chi connectivity index (χ4n) is 2.11. The molecule has 0 saturated carbocycles. The summed E-state index contributed by atoms with van der Waals surface area (Å²) in [4.78, 5) is 5.61. The molecule has 0 spiro atoms. The van der Waals surface area contributed by atoms with Gasteiger partial charge >= 0.3 is 0 Å². The zero-order chi connectivity index (χ0) is 15.4. The van der Waals surface area contributed by atoms with Crippen LogP contribution in [0.3, 0.4) is 0 Å². The first-order chi connectivity index (χ1) is 10.0. The van der Waals surface area contributed by atoms with Crippen LogP contribution in [-0.4, -0.2) is 18.3 Å². The molecule has 0 unspecified atom stereocenters. The van der Waals surface area contributed by atoms with Gasteiger partial charge in [-0.1, -0.05) is 12.1 Å². The van der Waals surface area contributed by atoms with E-state index in [1.165, 1.54) is 0 Å². The Balaban J connectivity index is 2.29. The number of aromatic nitrogens is 1. The van der Waals surface area contributed by atoms with Crippen molar-refractivity contribution < 1.29 is 4.74 Å². The number of benzene rings is 1. The number of aryl methyl sites for hydroxylation is 2. The van der Waals surface area contributed by atoms with Crippen molar-refractivity contribution >= 4 is 17.4 Å². The monoisotopic (exact) mass is 303 g/mol. The topological polar surface area (TPSA) is 51.4 Å². The number of anilines is 1. The van der Waals surface area contributed by atoms with Crippen molar-refractivity contribution in [3.63, 3.8) is 0 Å². The standard InChI is InChI=1S/C16H21N3OS/c1-11-8-9-12(2)18-16(11)20-10-13-14(19(3)17)6-5-7-15(13)21-4/h5-9H,10,17H2,1-4H3. The maximum atomic E-state index is 5.93. The molecule has 2 N–H and O–H groups in total. The van der Waals surface area contributed by atoms with Gasteiger partial charge in [-0.3, -0.25) is 0 Å². The van der Waals surface area contributed by atoms with Gasteiger partial charge in [-0.05, 0) is 38.3 Å². The van der Waals surface area contributed by atoms with E-state index >= 15 is 0 Å². The first kappa shape index (κ1) is 15.7. The Morgan fingerprint density at radius 1 is 1.24 bits per heavy atom. The summed E-state index contributed by atoms with van der Waals surface area (Å²) >= 11 is 1.69. The van der Waals surface area contributed by atoms with E-state index in [9.17, 15) is 0 Å². The van der Waals surface area contributed by atoms with Crippen LogP contribution in [0.25, 0.3) is 0 Å². The predicted octanol–water partition coefficient (Wildman–Crippen LogP) is 3.31. The first-order valence-corrected chi connectivity index (χ1v) is 7.96. The van der Waals surface area contributed by atoms with Crippen LogP contribution in [0.1, 0.15) is 16.8 Å². The number of nitrogens with zero attached hydrogens (tertiary/aromatic N) is 2. The van der Waals surface area contributed by atoms with E-state index < -0.39 is 0 Å². The van der Waals surface area contributed by atoms with E-state index in [4.69, 9.17) is 10.6 Å². The van der Waals surface area contributed by atoms with Crippen molar-refractivity contribution in [1.29, 1.82) is 0 Å². The van der Waals surface area contributed by atoms with Gasteiger partial charge in [0.2, 0.25) is 5.88 Å². The summed E-state index contributed by atoms with van der Waals surface area (Å²) in [7, 11) is 1.83. The molecule has 4 nitrogen and oxygen atoms in total. The van der Waals surface area contributed by atoms with Gasteiger partial charge in [0.25, 0.3) is 0 Å². The second kappa shape index (κ2) is 6.83. The van der Waals surface area contributed by atoms with Gasteiger partial charge in [0.1, 0.15) is 6.61 Å². The maximum Gasteiger partial charge on any atom is 0.216 e. The molecule has 0 aliphatic carbocycles. The van der Waals surface area contributed by atoms with Crippen molar-refractivity contribution in [3.05, 3.63) is 47.2 Å². The SMILES string of the molecule is CSc1cccc(N(C)N)c1COc1nc(C)ccc1C. The molecule has 1 aromatic carbocycles. The Morgan fingerprint density at radius 2 is 2.00 bits per heavy atom. The lowest BCUT2D eigenvalue weighted by Crippen LogP contribution is -2.26.